The maximum atomic E-state index is 12.2. The van der Waals surface area contributed by atoms with E-state index in [4.69, 9.17) is 4.84 Å². The van der Waals surface area contributed by atoms with Gasteiger partial charge in [0.05, 0.1) is 5.69 Å². The highest BCUT2D eigenvalue weighted by atomic mass is 19.4. The van der Waals surface area contributed by atoms with E-state index in [0.717, 1.165) is 18.7 Å². The molecule has 0 saturated carbocycles. The van der Waals surface area contributed by atoms with Gasteiger partial charge in [-0.3, -0.25) is 14.7 Å². The van der Waals surface area contributed by atoms with E-state index >= 15 is 0 Å². The fourth-order valence-corrected chi connectivity index (χ4v) is 3.19. The lowest BCUT2D eigenvalue weighted by molar-refractivity contribution is -0.134. The van der Waals surface area contributed by atoms with Gasteiger partial charge in [-0.25, -0.2) is 0 Å². The van der Waals surface area contributed by atoms with Crippen molar-refractivity contribution in [3.63, 3.8) is 0 Å². The molecule has 0 unspecified atom stereocenters. The van der Waals surface area contributed by atoms with E-state index in [1.165, 1.54) is 0 Å². The highest BCUT2D eigenvalue weighted by molar-refractivity contribution is 6.39. The molecule has 9 heteroatoms. The van der Waals surface area contributed by atoms with Crippen LogP contribution in [0.1, 0.15) is 25.0 Å². The number of hydrogen-bond donors (Lipinski definition) is 1. The lowest BCUT2D eigenvalue weighted by atomic mass is 9.88. The van der Waals surface area contributed by atoms with Crippen LogP contribution in [-0.2, 0) is 16.2 Å². The van der Waals surface area contributed by atoms with Crippen molar-refractivity contribution in [3.05, 3.63) is 30.1 Å². The first-order valence-electron chi connectivity index (χ1n) is 8.08. The molecule has 0 radical (unpaired) electrons. The molecule has 6 nitrogen and oxygen atoms in total. The predicted molar refractivity (Wildman–Crippen MR) is 83.7 cm³/mol. The molecule has 0 aliphatic carbocycles. The molecule has 1 aromatic heterocycles. The molecule has 2 aliphatic heterocycles. The number of halogens is 3. The average Bonchev–Trinajstić information content (AvgIpc) is 2.96. The Labute approximate surface area is 143 Å². The Kier molecular flexibility index (Phi) is 4.94. The Morgan fingerprint density at radius 3 is 2.96 bits per heavy atom. The van der Waals surface area contributed by atoms with Gasteiger partial charge < -0.3 is 10.2 Å². The first kappa shape index (κ1) is 17.7. The van der Waals surface area contributed by atoms with Crippen LogP contribution in [-0.4, -0.2) is 52.9 Å². The van der Waals surface area contributed by atoms with Gasteiger partial charge in [-0.2, -0.15) is 13.2 Å². The summed E-state index contributed by atoms with van der Waals surface area (Å²) in [6.45, 7) is 0.714. The van der Waals surface area contributed by atoms with Crippen LogP contribution >= 0.6 is 0 Å². The molecular formula is C16H19F3N4O2. The Morgan fingerprint density at radius 2 is 2.24 bits per heavy atom. The smallest absolute Gasteiger partial charge is 0.387 e. The van der Waals surface area contributed by atoms with Crippen molar-refractivity contribution in [3.8, 4) is 0 Å². The Hall–Kier alpha value is -2.16. The van der Waals surface area contributed by atoms with Crippen molar-refractivity contribution in [1.82, 2.24) is 15.2 Å². The Balaban J connectivity index is 1.56. The molecule has 1 atom stereocenters. The molecule has 3 heterocycles. The van der Waals surface area contributed by atoms with E-state index in [1.807, 2.05) is 23.5 Å². The van der Waals surface area contributed by atoms with Crippen LogP contribution in [0.4, 0.5) is 13.2 Å². The molecule has 1 spiro atoms. The van der Waals surface area contributed by atoms with Gasteiger partial charge in [0.1, 0.15) is 12.3 Å². The lowest BCUT2D eigenvalue weighted by Gasteiger charge is -2.38. The fourth-order valence-electron chi connectivity index (χ4n) is 3.19. The van der Waals surface area contributed by atoms with Crippen LogP contribution in [0.3, 0.4) is 0 Å². The number of amides is 1. The second kappa shape index (κ2) is 6.99. The summed E-state index contributed by atoms with van der Waals surface area (Å²) in [7, 11) is 0. The van der Waals surface area contributed by atoms with Crippen LogP contribution in [0.2, 0.25) is 0 Å². The van der Waals surface area contributed by atoms with E-state index in [2.05, 4.69) is 15.0 Å². The SMILES string of the molecule is O=C(NCC(F)(F)F)C1=NO[C@@]2(CCCN(Cc3ccccn3)C2)C1. The van der Waals surface area contributed by atoms with Gasteiger partial charge in [0, 0.05) is 25.7 Å². The lowest BCUT2D eigenvalue weighted by Crippen LogP contribution is -2.48. The van der Waals surface area contributed by atoms with Gasteiger partial charge in [0.15, 0.2) is 5.60 Å². The maximum Gasteiger partial charge on any atom is 0.405 e. The van der Waals surface area contributed by atoms with Crippen LogP contribution < -0.4 is 5.32 Å². The first-order chi connectivity index (χ1) is 11.9. The molecule has 1 fully saturated rings. The normalized spacial score (nSPS) is 24.0. The molecule has 1 N–H and O–H groups in total. The zero-order valence-electron chi connectivity index (χ0n) is 13.6. The van der Waals surface area contributed by atoms with Crippen molar-refractivity contribution in [2.75, 3.05) is 19.6 Å². The molecule has 2 aliphatic rings. The molecule has 1 amide bonds. The summed E-state index contributed by atoms with van der Waals surface area (Å²) in [5, 5.41) is 5.59. The topological polar surface area (TPSA) is 66.8 Å². The number of pyridine rings is 1. The van der Waals surface area contributed by atoms with E-state index < -0.39 is 24.2 Å². The van der Waals surface area contributed by atoms with E-state index in [0.29, 0.717) is 19.5 Å². The van der Waals surface area contributed by atoms with Crippen molar-refractivity contribution in [1.29, 1.82) is 0 Å². The molecule has 1 saturated heterocycles. The average molecular weight is 356 g/mol. The third-order valence-electron chi connectivity index (χ3n) is 4.28. The summed E-state index contributed by atoms with van der Waals surface area (Å²) in [6, 6.07) is 5.70. The van der Waals surface area contributed by atoms with Gasteiger partial charge in [-0.15, -0.1) is 0 Å². The number of carbonyl (C=O) groups is 1. The molecule has 3 rings (SSSR count). The van der Waals surface area contributed by atoms with Crippen molar-refractivity contribution in [2.45, 2.75) is 37.6 Å². The summed E-state index contributed by atoms with van der Waals surface area (Å²) in [5.74, 6) is -0.823. The summed E-state index contributed by atoms with van der Waals surface area (Å²) in [4.78, 5) is 23.8. The van der Waals surface area contributed by atoms with Crippen molar-refractivity contribution in [2.24, 2.45) is 5.16 Å². The van der Waals surface area contributed by atoms with Crippen LogP contribution in [0.25, 0.3) is 0 Å². The number of hydrogen-bond acceptors (Lipinski definition) is 5. The van der Waals surface area contributed by atoms with Crippen molar-refractivity contribution >= 4 is 11.6 Å². The summed E-state index contributed by atoms with van der Waals surface area (Å²) in [6.07, 6.45) is -0.925. The van der Waals surface area contributed by atoms with Gasteiger partial charge in [-0.05, 0) is 31.5 Å². The predicted octanol–water partition coefficient (Wildman–Crippen LogP) is 1.87. The largest absolute Gasteiger partial charge is 0.405 e. The molecular weight excluding hydrogens is 337 g/mol. The third kappa shape index (κ3) is 4.68. The molecule has 25 heavy (non-hydrogen) atoms. The first-order valence-corrected chi connectivity index (χ1v) is 8.08. The zero-order chi connectivity index (χ0) is 17.9. The minimum atomic E-state index is -4.45. The number of nitrogens with zero attached hydrogens (tertiary/aromatic N) is 3. The summed E-state index contributed by atoms with van der Waals surface area (Å²) in [5.41, 5.74) is 0.309. The highest BCUT2D eigenvalue weighted by Gasteiger charge is 2.44. The fraction of sp³-hybridized carbons (Fsp3) is 0.562. The summed E-state index contributed by atoms with van der Waals surface area (Å²) < 4.78 is 36.6. The molecule has 136 valence electrons. The van der Waals surface area contributed by atoms with Crippen molar-refractivity contribution < 1.29 is 22.8 Å². The monoisotopic (exact) mass is 356 g/mol. The maximum absolute atomic E-state index is 12.2. The Bertz CT molecular complexity index is 651. The van der Waals surface area contributed by atoms with E-state index in [-0.39, 0.29) is 12.1 Å². The second-order valence-corrected chi connectivity index (χ2v) is 6.42. The van der Waals surface area contributed by atoms with Gasteiger partial charge >= 0.3 is 6.18 Å². The van der Waals surface area contributed by atoms with E-state index in [9.17, 15) is 18.0 Å². The number of nitrogens with one attached hydrogen (secondary N) is 1. The number of rotatable bonds is 4. The molecule has 0 bridgehead atoms. The molecule has 0 aromatic carbocycles. The number of piperidine rings is 1. The van der Waals surface area contributed by atoms with Gasteiger partial charge in [0.2, 0.25) is 0 Å². The minimum absolute atomic E-state index is 0.0175. The number of likely N-dealkylation sites (tertiary alicyclic amines) is 1. The zero-order valence-corrected chi connectivity index (χ0v) is 13.6. The number of carbonyl (C=O) groups excluding carboxylic acids is 1. The minimum Gasteiger partial charge on any atom is -0.387 e. The third-order valence-corrected chi connectivity index (χ3v) is 4.28. The standard InChI is InChI=1S/C16H19F3N4O2/c17-16(18,19)10-21-14(24)13-8-15(25-22-13)5-3-7-23(11-15)9-12-4-1-2-6-20-12/h1-2,4,6H,3,5,7-11H2,(H,21,24)/t15-/m0/s1. The highest BCUT2D eigenvalue weighted by Crippen LogP contribution is 2.34. The number of alkyl halides is 3. The number of aromatic nitrogens is 1. The van der Waals surface area contributed by atoms with Crippen LogP contribution in [0.5, 0.6) is 0 Å². The van der Waals surface area contributed by atoms with Gasteiger partial charge in [0.25, 0.3) is 5.91 Å². The van der Waals surface area contributed by atoms with Crippen LogP contribution in [0, 0.1) is 0 Å². The number of oxime groups is 1. The van der Waals surface area contributed by atoms with Crippen LogP contribution in [0.15, 0.2) is 29.6 Å². The molecule has 1 aromatic rings. The quantitative estimate of drug-likeness (QED) is 0.894. The van der Waals surface area contributed by atoms with Gasteiger partial charge in [-0.1, -0.05) is 11.2 Å². The summed E-state index contributed by atoms with van der Waals surface area (Å²) >= 11 is 0. The second-order valence-electron chi connectivity index (χ2n) is 6.42. The van der Waals surface area contributed by atoms with E-state index in [1.54, 1.807) is 6.20 Å². The Morgan fingerprint density at radius 1 is 1.40 bits per heavy atom.